The Morgan fingerprint density at radius 3 is 2.47 bits per heavy atom. The fourth-order valence-corrected chi connectivity index (χ4v) is 2.01. The van der Waals surface area contributed by atoms with Crippen molar-refractivity contribution in [1.82, 2.24) is 0 Å². The normalized spacial score (nSPS) is 15.5. The number of benzene rings is 1. The number of Topliss-reactive ketones (excluding diaryl/α,β-unsaturated/α-hetero) is 1. The van der Waals surface area contributed by atoms with Crippen molar-refractivity contribution in [3.63, 3.8) is 0 Å². The first-order valence-corrected chi connectivity index (χ1v) is 6.31. The summed E-state index contributed by atoms with van der Waals surface area (Å²) >= 11 is 0. The summed E-state index contributed by atoms with van der Waals surface area (Å²) in [7, 11) is 0. The average Bonchev–Trinajstić information content (AvgIpc) is 2.46. The van der Waals surface area contributed by atoms with Crippen LogP contribution in [-0.2, 0) is 14.3 Å². The number of carbonyl (C=O) groups is 2. The molecule has 0 amide bonds. The molecule has 0 heterocycles. The number of ether oxygens (including phenoxy) is 1. The molecule has 1 aromatic rings. The quantitative estimate of drug-likeness (QED) is 0.777. The van der Waals surface area contributed by atoms with Gasteiger partial charge in [0.1, 0.15) is 0 Å². The molecule has 19 heavy (non-hydrogen) atoms. The minimum absolute atomic E-state index is 0.169. The van der Waals surface area contributed by atoms with Crippen LogP contribution < -0.4 is 0 Å². The first kappa shape index (κ1) is 13.3. The minimum atomic E-state index is -0.854. The Morgan fingerprint density at radius 2 is 1.89 bits per heavy atom. The summed E-state index contributed by atoms with van der Waals surface area (Å²) in [5, 5.41) is 0. The van der Waals surface area contributed by atoms with Gasteiger partial charge in [-0.25, -0.2) is 0 Å². The molecule has 0 N–H and O–H groups in total. The van der Waals surface area contributed by atoms with Crippen LogP contribution in [0.4, 0.5) is 0 Å². The van der Waals surface area contributed by atoms with Gasteiger partial charge < -0.3 is 4.74 Å². The van der Waals surface area contributed by atoms with Crippen LogP contribution in [0.3, 0.4) is 0 Å². The molecule has 2 rings (SSSR count). The zero-order valence-corrected chi connectivity index (χ0v) is 10.8. The van der Waals surface area contributed by atoms with Gasteiger partial charge in [-0.05, 0) is 12.8 Å². The Kier molecular flexibility index (Phi) is 4.29. The molecule has 0 spiro atoms. The molecule has 98 valence electrons. The van der Waals surface area contributed by atoms with Crippen LogP contribution in [0.1, 0.15) is 31.4 Å². The predicted octanol–water partition coefficient (Wildman–Crippen LogP) is 3.14. The van der Waals surface area contributed by atoms with Crippen LogP contribution in [0, 0.1) is 0 Å². The van der Waals surface area contributed by atoms with E-state index in [4.69, 9.17) is 4.74 Å². The standard InChI is InChI=1S/C16H16O3/c1-12(17)19-16(14-10-6-3-7-11-14)15(18)13-8-4-2-5-9-13/h3-4,6-11,16H,2,5H2,1H3. The monoisotopic (exact) mass is 256 g/mol. The lowest BCUT2D eigenvalue weighted by Gasteiger charge is -2.17. The third kappa shape index (κ3) is 3.41. The fraction of sp³-hybridized carbons (Fsp3) is 0.250. The molecule has 0 radical (unpaired) electrons. The molecular formula is C16H16O3. The first-order valence-electron chi connectivity index (χ1n) is 6.31. The molecular weight excluding hydrogens is 240 g/mol. The Labute approximate surface area is 112 Å². The van der Waals surface area contributed by atoms with Crippen LogP contribution in [-0.4, -0.2) is 11.8 Å². The van der Waals surface area contributed by atoms with Crippen LogP contribution in [0.2, 0.25) is 0 Å². The average molecular weight is 256 g/mol. The van der Waals surface area contributed by atoms with Crippen LogP contribution in [0.5, 0.6) is 0 Å². The van der Waals surface area contributed by atoms with Gasteiger partial charge in [-0.2, -0.15) is 0 Å². The summed E-state index contributed by atoms with van der Waals surface area (Å²) in [5.41, 5.74) is 1.31. The highest BCUT2D eigenvalue weighted by molar-refractivity contribution is 6.02. The number of rotatable bonds is 4. The van der Waals surface area contributed by atoms with Gasteiger partial charge in [0.05, 0.1) is 0 Å². The number of esters is 1. The van der Waals surface area contributed by atoms with Gasteiger partial charge >= 0.3 is 5.97 Å². The van der Waals surface area contributed by atoms with E-state index >= 15 is 0 Å². The van der Waals surface area contributed by atoms with Crippen molar-refractivity contribution in [3.8, 4) is 0 Å². The Morgan fingerprint density at radius 1 is 1.16 bits per heavy atom. The fourth-order valence-electron chi connectivity index (χ4n) is 2.01. The molecule has 1 aromatic carbocycles. The maximum atomic E-state index is 12.4. The van der Waals surface area contributed by atoms with E-state index in [1.807, 2.05) is 30.4 Å². The number of ketones is 1. The molecule has 3 heteroatoms. The van der Waals surface area contributed by atoms with Gasteiger partial charge in [0.2, 0.25) is 5.78 Å². The van der Waals surface area contributed by atoms with E-state index in [0.29, 0.717) is 11.1 Å². The number of allylic oxidation sites excluding steroid dienone is 3. The van der Waals surface area contributed by atoms with E-state index in [0.717, 1.165) is 12.8 Å². The van der Waals surface area contributed by atoms with Gasteiger partial charge in [-0.15, -0.1) is 0 Å². The van der Waals surface area contributed by atoms with Crippen molar-refractivity contribution in [2.75, 3.05) is 0 Å². The molecule has 0 aliphatic heterocycles. The lowest BCUT2D eigenvalue weighted by molar-refractivity contribution is -0.152. The van der Waals surface area contributed by atoms with E-state index in [2.05, 4.69) is 0 Å². The second-order valence-electron chi connectivity index (χ2n) is 4.40. The van der Waals surface area contributed by atoms with Gasteiger partial charge in [0, 0.05) is 18.1 Å². The molecule has 1 atom stereocenters. The summed E-state index contributed by atoms with van der Waals surface area (Å²) in [6.45, 7) is 1.31. The van der Waals surface area contributed by atoms with Crippen LogP contribution >= 0.6 is 0 Å². The Hall–Kier alpha value is -2.16. The van der Waals surface area contributed by atoms with E-state index in [9.17, 15) is 9.59 Å². The summed E-state index contributed by atoms with van der Waals surface area (Å²) in [6, 6.07) is 9.09. The summed E-state index contributed by atoms with van der Waals surface area (Å²) in [4.78, 5) is 23.6. The van der Waals surface area contributed by atoms with Crippen molar-refractivity contribution >= 4 is 11.8 Å². The van der Waals surface area contributed by atoms with E-state index in [-0.39, 0.29) is 5.78 Å². The second kappa shape index (κ2) is 6.14. The highest BCUT2D eigenvalue weighted by atomic mass is 16.5. The lowest BCUT2D eigenvalue weighted by Crippen LogP contribution is -2.20. The van der Waals surface area contributed by atoms with E-state index in [1.165, 1.54) is 6.92 Å². The molecule has 1 unspecified atom stereocenters. The van der Waals surface area contributed by atoms with Crippen LogP contribution in [0.15, 0.2) is 54.1 Å². The number of carbonyl (C=O) groups excluding carboxylic acids is 2. The molecule has 3 nitrogen and oxygen atoms in total. The van der Waals surface area contributed by atoms with Crippen molar-refractivity contribution in [3.05, 3.63) is 59.7 Å². The molecule has 0 saturated carbocycles. The summed E-state index contributed by atoms with van der Waals surface area (Å²) in [5.74, 6) is -0.625. The zero-order chi connectivity index (χ0) is 13.7. The van der Waals surface area contributed by atoms with Crippen molar-refractivity contribution < 1.29 is 14.3 Å². The SMILES string of the molecule is CC(=O)OC(C(=O)C1=CCCC=C1)c1ccccc1. The molecule has 0 saturated heterocycles. The highest BCUT2D eigenvalue weighted by Crippen LogP contribution is 2.24. The van der Waals surface area contributed by atoms with Gasteiger partial charge in [-0.1, -0.05) is 48.6 Å². The number of hydrogen-bond acceptors (Lipinski definition) is 3. The van der Waals surface area contributed by atoms with Gasteiger partial charge in [0.15, 0.2) is 6.10 Å². The predicted molar refractivity (Wildman–Crippen MR) is 72.4 cm³/mol. The lowest BCUT2D eigenvalue weighted by atomic mass is 9.96. The van der Waals surface area contributed by atoms with Crippen molar-refractivity contribution in [2.45, 2.75) is 25.9 Å². The third-order valence-electron chi connectivity index (χ3n) is 2.90. The largest absolute Gasteiger partial charge is 0.449 e. The topological polar surface area (TPSA) is 43.4 Å². The maximum absolute atomic E-state index is 12.4. The van der Waals surface area contributed by atoms with Crippen molar-refractivity contribution in [2.24, 2.45) is 0 Å². The van der Waals surface area contributed by atoms with E-state index < -0.39 is 12.1 Å². The molecule has 1 aliphatic carbocycles. The Balaban J connectivity index is 2.27. The molecule has 0 aromatic heterocycles. The van der Waals surface area contributed by atoms with Gasteiger partial charge in [-0.3, -0.25) is 9.59 Å². The summed E-state index contributed by atoms with van der Waals surface area (Å²) in [6.07, 6.45) is 6.59. The van der Waals surface area contributed by atoms with Crippen LogP contribution in [0.25, 0.3) is 0 Å². The van der Waals surface area contributed by atoms with E-state index in [1.54, 1.807) is 18.2 Å². The van der Waals surface area contributed by atoms with Crippen molar-refractivity contribution in [1.29, 1.82) is 0 Å². The highest BCUT2D eigenvalue weighted by Gasteiger charge is 2.25. The third-order valence-corrected chi connectivity index (χ3v) is 2.90. The molecule has 1 aliphatic rings. The number of hydrogen-bond donors (Lipinski definition) is 0. The minimum Gasteiger partial charge on any atom is -0.449 e. The first-order chi connectivity index (χ1) is 9.18. The summed E-state index contributed by atoms with van der Waals surface area (Å²) < 4.78 is 5.19. The smallest absolute Gasteiger partial charge is 0.303 e. The molecule has 0 fully saturated rings. The zero-order valence-electron chi connectivity index (χ0n) is 10.8. The Bertz CT molecular complexity index is 526. The molecule has 0 bridgehead atoms. The maximum Gasteiger partial charge on any atom is 0.303 e. The van der Waals surface area contributed by atoms with Gasteiger partial charge in [0.25, 0.3) is 0 Å². The second-order valence-corrected chi connectivity index (χ2v) is 4.40.